The predicted octanol–water partition coefficient (Wildman–Crippen LogP) is 4.09. The maximum absolute atomic E-state index is 12.2. The molecule has 0 fully saturated rings. The van der Waals surface area contributed by atoms with E-state index in [4.69, 9.17) is 11.6 Å². The summed E-state index contributed by atoms with van der Waals surface area (Å²) in [4.78, 5) is 0.257. The molecule has 2 aromatic carbocycles. The van der Waals surface area contributed by atoms with Gasteiger partial charge in [-0.1, -0.05) is 37.1 Å². The van der Waals surface area contributed by atoms with Gasteiger partial charge in [0, 0.05) is 10.7 Å². The van der Waals surface area contributed by atoms with Gasteiger partial charge in [-0.05, 0) is 48.4 Å². The molecule has 2 rings (SSSR count). The van der Waals surface area contributed by atoms with Gasteiger partial charge >= 0.3 is 0 Å². The fourth-order valence-corrected chi connectivity index (χ4v) is 3.04. The smallest absolute Gasteiger partial charge is 0.261 e. The lowest BCUT2D eigenvalue weighted by Crippen LogP contribution is -2.12. The lowest BCUT2D eigenvalue weighted by molar-refractivity contribution is 0.601. The van der Waals surface area contributed by atoms with E-state index in [1.165, 1.54) is 0 Å². The molecule has 106 valence electrons. The largest absolute Gasteiger partial charge is 0.280 e. The summed E-state index contributed by atoms with van der Waals surface area (Å²) in [5, 5.41) is 0.567. The van der Waals surface area contributed by atoms with Gasteiger partial charge < -0.3 is 0 Å². The molecule has 3 nitrogen and oxygen atoms in total. The zero-order chi connectivity index (χ0) is 14.6. The summed E-state index contributed by atoms with van der Waals surface area (Å²) < 4.78 is 26.9. The van der Waals surface area contributed by atoms with E-state index in [0.29, 0.717) is 10.7 Å². The van der Waals surface area contributed by atoms with E-state index in [1.54, 1.807) is 36.4 Å². The normalized spacial score (nSPS) is 11.3. The lowest BCUT2D eigenvalue weighted by atomic mass is 10.1. The molecule has 0 aromatic heterocycles. The minimum Gasteiger partial charge on any atom is -0.280 e. The number of nitrogens with one attached hydrogen (secondary N) is 1. The molecule has 0 aliphatic heterocycles. The van der Waals surface area contributed by atoms with Gasteiger partial charge in [0.2, 0.25) is 0 Å². The average molecular weight is 310 g/mol. The van der Waals surface area contributed by atoms with Crippen molar-refractivity contribution in [3.8, 4) is 0 Å². The molecule has 5 heteroatoms. The Hall–Kier alpha value is -1.52. The summed E-state index contributed by atoms with van der Waals surface area (Å²) in [6.45, 7) is 2.09. The van der Waals surface area contributed by atoms with Crippen LogP contribution in [0.1, 0.15) is 18.9 Å². The Morgan fingerprint density at radius 3 is 2.15 bits per heavy atom. The van der Waals surface area contributed by atoms with Crippen molar-refractivity contribution < 1.29 is 8.42 Å². The van der Waals surface area contributed by atoms with Gasteiger partial charge in [-0.3, -0.25) is 4.72 Å². The van der Waals surface area contributed by atoms with Crippen molar-refractivity contribution in [2.45, 2.75) is 24.7 Å². The summed E-state index contributed by atoms with van der Waals surface area (Å²) in [5.41, 5.74) is 1.63. The fraction of sp³-hybridized carbons (Fsp3) is 0.200. The van der Waals surface area contributed by atoms with Crippen molar-refractivity contribution in [1.82, 2.24) is 0 Å². The molecule has 0 amide bonds. The Labute approximate surface area is 124 Å². The lowest BCUT2D eigenvalue weighted by Gasteiger charge is -2.08. The highest BCUT2D eigenvalue weighted by Gasteiger charge is 2.13. The zero-order valence-corrected chi connectivity index (χ0v) is 12.7. The first kappa shape index (κ1) is 14.9. The van der Waals surface area contributed by atoms with Crippen LogP contribution in [-0.2, 0) is 16.4 Å². The standard InChI is InChI=1S/C15H16ClNO2S/c1-2-3-12-4-10-15(11-5-12)20(18,19)17-14-8-6-13(16)7-9-14/h4-11,17H,2-3H2,1H3. The Kier molecular flexibility index (Phi) is 4.68. The van der Waals surface area contributed by atoms with Crippen molar-refractivity contribution in [3.63, 3.8) is 0 Å². The van der Waals surface area contributed by atoms with Crippen LogP contribution in [0.4, 0.5) is 5.69 Å². The van der Waals surface area contributed by atoms with Crippen molar-refractivity contribution >= 4 is 27.3 Å². The van der Waals surface area contributed by atoms with E-state index in [2.05, 4.69) is 11.6 Å². The fourth-order valence-electron chi connectivity index (χ4n) is 1.86. The van der Waals surface area contributed by atoms with Crippen LogP contribution < -0.4 is 4.72 Å². The topological polar surface area (TPSA) is 46.2 Å². The highest BCUT2D eigenvalue weighted by Crippen LogP contribution is 2.19. The zero-order valence-electron chi connectivity index (χ0n) is 11.1. The minimum atomic E-state index is -3.55. The van der Waals surface area contributed by atoms with E-state index < -0.39 is 10.0 Å². The van der Waals surface area contributed by atoms with Gasteiger partial charge in [0.25, 0.3) is 10.0 Å². The molecule has 0 radical (unpaired) electrons. The second-order valence-corrected chi connectivity index (χ2v) is 6.63. The molecule has 0 atom stereocenters. The summed E-state index contributed by atoms with van der Waals surface area (Å²) in [6.07, 6.45) is 1.99. The summed E-state index contributed by atoms with van der Waals surface area (Å²) in [5.74, 6) is 0. The SMILES string of the molecule is CCCc1ccc(S(=O)(=O)Nc2ccc(Cl)cc2)cc1. The Bertz CT molecular complexity index is 664. The molecular formula is C15H16ClNO2S. The van der Waals surface area contributed by atoms with E-state index in [-0.39, 0.29) is 4.90 Å². The molecule has 0 unspecified atom stereocenters. The Morgan fingerprint density at radius 2 is 1.60 bits per heavy atom. The van der Waals surface area contributed by atoms with E-state index in [1.807, 2.05) is 12.1 Å². The first-order valence-electron chi connectivity index (χ1n) is 6.38. The van der Waals surface area contributed by atoms with Crippen molar-refractivity contribution in [2.75, 3.05) is 4.72 Å². The van der Waals surface area contributed by atoms with Crippen LogP contribution in [-0.4, -0.2) is 8.42 Å². The number of aryl methyl sites for hydroxylation is 1. The monoisotopic (exact) mass is 309 g/mol. The molecule has 0 saturated carbocycles. The van der Waals surface area contributed by atoms with Crippen LogP contribution in [0.15, 0.2) is 53.4 Å². The molecule has 1 N–H and O–H groups in total. The van der Waals surface area contributed by atoms with Gasteiger partial charge in [-0.2, -0.15) is 0 Å². The molecule has 0 saturated heterocycles. The number of sulfonamides is 1. The minimum absolute atomic E-state index is 0.257. The number of hydrogen-bond donors (Lipinski definition) is 1. The second-order valence-electron chi connectivity index (χ2n) is 4.51. The third-order valence-corrected chi connectivity index (χ3v) is 4.52. The van der Waals surface area contributed by atoms with Crippen LogP contribution in [0.2, 0.25) is 5.02 Å². The molecule has 0 bridgehead atoms. The van der Waals surface area contributed by atoms with Gasteiger partial charge in [-0.15, -0.1) is 0 Å². The Morgan fingerprint density at radius 1 is 1.00 bits per heavy atom. The summed E-state index contributed by atoms with van der Waals surface area (Å²) >= 11 is 5.77. The third kappa shape index (κ3) is 3.74. The maximum Gasteiger partial charge on any atom is 0.261 e. The molecular weight excluding hydrogens is 294 g/mol. The van der Waals surface area contributed by atoms with Gasteiger partial charge in [0.05, 0.1) is 4.90 Å². The van der Waals surface area contributed by atoms with Crippen LogP contribution in [0.25, 0.3) is 0 Å². The molecule has 0 aliphatic carbocycles. The molecule has 0 spiro atoms. The molecule has 20 heavy (non-hydrogen) atoms. The number of benzene rings is 2. The van der Waals surface area contributed by atoms with E-state index in [0.717, 1.165) is 18.4 Å². The van der Waals surface area contributed by atoms with Crippen molar-refractivity contribution in [1.29, 1.82) is 0 Å². The molecule has 2 aromatic rings. The summed E-state index contributed by atoms with van der Waals surface area (Å²) in [7, 11) is -3.55. The van der Waals surface area contributed by atoms with E-state index >= 15 is 0 Å². The van der Waals surface area contributed by atoms with Crippen LogP contribution in [0.5, 0.6) is 0 Å². The van der Waals surface area contributed by atoms with Gasteiger partial charge in [0.1, 0.15) is 0 Å². The Balaban J connectivity index is 2.19. The van der Waals surface area contributed by atoms with Crippen molar-refractivity contribution in [2.24, 2.45) is 0 Å². The van der Waals surface area contributed by atoms with Crippen molar-refractivity contribution in [3.05, 3.63) is 59.1 Å². The second kappa shape index (κ2) is 6.29. The first-order valence-corrected chi connectivity index (χ1v) is 8.25. The molecule has 0 aliphatic rings. The number of rotatable bonds is 5. The van der Waals surface area contributed by atoms with Gasteiger partial charge in [-0.25, -0.2) is 8.42 Å². The van der Waals surface area contributed by atoms with Crippen LogP contribution in [0, 0.1) is 0 Å². The average Bonchev–Trinajstić information content (AvgIpc) is 2.42. The predicted molar refractivity (Wildman–Crippen MR) is 82.7 cm³/mol. The third-order valence-electron chi connectivity index (χ3n) is 2.87. The van der Waals surface area contributed by atoms with Crippen LogP contribution in [0.3, 0.4) is 0 Å². The van der Waals surface area contributed by atoms with E-state index in [9.17, 15) is 8.42 Å². The number of halogens is 1. The highest BCUT2D eigenvalue weighted by atomic mass is 35.5. The highest BCUT2D eigenvalue weighted by molar-refractivity contribution is 7.92. The molecule has 0 heterocycles. The summed E-state index contributed by atoms with van der Waals surface area (Å²) in [6, 6.07) is 13.5. The first-order chi connectivity index (χ1) is 9.51. The maximum atomic E-state index is 12.2. The quantitative estimate of drug-likeness (QED) is 0.904. The number of anilines is 1. The number of hydrogen-bond acceptors (Lipinski definition) is 2. The van der Waals surface area contributed by atoms with Gasteiger partial charge in [0.15, 0.2) is 0 Å². The van der Waals surface area contributed by atoms with Crippen LogP contribution >= 0.6 is 11.6 Å².